The van der Waals surface area contributed by atoms with E-state index in [4.69, 9.17) is 5.84 Å². The Bertz CT molecular complexity index is 754. The van der Waals surface area contributed by atoms with E-state index in [1.54, 1.807) is 11.3 Å². The first-order chi connectivity index (χ1) is 10.3. The number of nitrogen functional groups attached to an aromatic ring is 1. The summed E-state index contributed by atoms with van der Waals surface area (Å²) < 4.78 is 1.14. The summed E-state index contributed by atoms with van der Waals surface area (Å²) in [6.45, 7) is 2.11. The van der Waals surface area contributed by atoms with Gasteiger partial charge in [-0.25, -0.2) is 20.8 Å². The third-order valence-electron chi connectivity index (χ3n) is 3.18. The van der Waals surface area contributed by atoms with Gasteiger partial charge in [-0.15, -0.1) is 11.3 Å². The molecule has 108 valence electrons. The van der Waals surface area contributed by atoms with Crippen LogP contribution in [0, 0.1) is 0 Å². The zero-order chi connectivity index (χ0) is 14.7. The van der Waals surface area contributed by atoms with Crippen LogP contribution in [0.25, 0.3) is 10.2 Å². The SMILES string of the molecule is CCCc1c(NN)ncnc1Nc1ccc2ncsc2c1. The van der Waals surface area contributed by atoms with Crippen LogP contribution in [0.5, 0.6) is 0 Å². The Labute approximate surface area is 126 Å². The third-order valence-corrected chi connectivity index (χ3v) is 3.97. The summed E-state index contributed by atoms with van der Waals surface area (Å²) in [6.07, 6.45) is 3.35. The lowest BCUT2D eigenvalue weighted by Gasteiger charge is -2.13. The quantitative estimate of drug-likeness (QED) is 0.496. The zero-order valence-corrected chi connectivity index (χ0v) is 12.4. The normalized spacial score (nSPS) is 10.8. The van der Waals surface area contributed by atoms with Crippen molar-refractivity contribution in [3.63, 3.8) is 0 Å². The minimum absolute atomic E-state index is 0.660. The van der Waals surface area contributed by atoms with Gasteiger partial charge in [-0.05, 0) is 24.6 Å². The molecule has 0 saturated heterocycles. The van der Waals surface area contributed by atoms with Gasteiger partial charge in [0.2, 0.25) is 0 Å². The van der Waals surface area contributed by atoms with E-state index < -0.39 is 0 Å². The molecule has 0 atom stereocenters. The van der Waals surface area contributed by atoms with E-state index in [0.29, 0.717) is 5.82 Å². The average molecular weight is 300 g/mol. The van der Waals surface area contributed by atoms with Crippen molar-refractivity contribution >= 4 is 38.9 Å². The van der Waals surface area contributed by atoms with Crippen molar-refractivity contribution in [3.05, 3.63) is 35.6 Å². The van der Waals surface area contributed by atoms with Gasteiger partial charge < -0.3 is 10.7 Å². The van der Waals surface area contributed by atoms with Gasteiger partial charge in [-0.3, -0.25) is 0 Å². The van der Waals surface area contributed by atoms with Crippen molar-refractivity contribution in [2.24, 2.45) is 5.84 Å². The van der Waals surface area contributed by atoms with Crippen molar-refractivity contribution in [2.45, 2.75) is 19.8 Å². The van der Waals surface area contributed by atoms with Crippen molar-refractivity contribution in [2.75, 3.05) is 10.7 Å². The van der Waals surface area contributed by atoms with E-state index in [1.807, 2.05) is 17.6 Å². The molecule has 0 aliphatic rings. The zero-order valence-electron chi connectivity index (χ0n) is 11.6. The maximum absolute atomic E-state index is 5.53. The second-order valence-electron chi connectivity index (χ2n) is 4.60. The van der Waals surface area contributed by atoms with Gasteiger partial charge in [-0.1, -0.05) is 13.3 Å². The fraction of sp³-hybridized carbons (Fsp3) is 0.214. The Balaban J connectivity index is 1.96. The molecule has 1 aromatic carbocycles. The van der Waals surface area contributed by atoms with Gasteiger partial charge in [0.15, 0.2) is 0 Å². The predicted octanol–water partition coefficient (Wildman–Crippen LogP) is 3.07. The van der Waals surface area contributed by atoms with E-state index in [-0.39, 0.29) is 0 Å². The van der Waals surface area contributed by atoms with Crippen LogP contribution in [0.3, 0.4) is 0 Å². The number of benzene rings is 1. The average Bonchev–Trinajstić information content (AvgIpc) is 2.96. The first-order valence-electron chi connectivity index (χ1n) is 6.72. The summed E-state index contributed by atoms with van der Waals surface area (Å²) >= 11 is 1.62. The number of thiazole rings is 1. The fourth-order valence-corrected chi connectivity index (χ4v) is 2.92. The topological polar surface area (TPSA) is 88.8 Å². The lowest BCUT2D eigenvalue weighted by Crippen LogP contribution is -2.13. The first-order valence-corrected chi connectivity index (χ1v) is 7.60. The number of nitrogens with two attached hydrogens (primary N) is 1. The smallest absolute Gasteiger partial charge is 0.148 e. The molecule has 0 bridgehead atoms. The Hall–Kier alpha value is -2.25. The van der Waals surface area contributed by atoms with Gasteiger partial charge >= 0.3 is 0 Å². The van der Waals surface area contributed by atoms with Crippen LogP contribution in [-0.4, -0.2) is 15.0 Å². The van der Waals surface area contributed by atoms with Crippen LogP contribution in [0.2, 0.25) is 0 Å². The van der Waals surface area contributed by atoms with Crippen LogP contribution in [0.1, 0.15) is 18.9 Å². The Morgan fingerprint density at radius 1 is 1.19 bits per heavy atom. The number of fused-ring (bicyclic) bond motifs is 1. The van der Waals surface area contributed by atoms with Crippen LogP contribution < -0.4 is 16.6 Å². The van der Waals surface area contributed by atoms with Gasteiger partial charge in [0.05, 0.1) is 15.7 Å². The van der Waals surface area contributed by atoms with E-state index in [9.17, 15) is 0 Å². The highest BCUT2D eigenvalue weighted by Gasteiger charge is 2.10. The third kappa shape index (κ3) is 2.79. The molecule has 2 aromatic heterocycles. The molecule has 3 rings (SSSR count). The molecular formula is C14H16N6S. The molecule has 0 spiro atoms. The molecule has 2 heterocycles. The lowest BCUT2D eigenvalue weighted by molar-refractivity contribution is 0.903. The minimum atomic E-state index is 0.660. The number of hydrogen-bond donors (Lipinski definition) is 3. The molecule has 6 nitrogen and oxygen atoms in total. The van der Waals surface area contributed by atoms with E-state index >= 15 is 0 Å². The number of nitrogens with zero attached hydrogens (tertiary/aromatic N) is 3. The highest BCUT2D eigenvalue weighted by Crippen LogP contribution is 2.27. The van der Waals surface area contributed by atoms with Crippen LogP contribution >= 0.6 is 11.3 Å². The Morgan fingerprint density at radius 2 is 2.05 bits per heavy atom. The van der Waals surface area contributed by atoms with Crippen LogP contribution in [0.4, 0.5) is 17.3 Å². The van der Waals surface area contributed by atoms with E-state index in [0.717, 1.165) is 40.1 Å². The number of rotatable bonds is 5. The molecule has 0 fully saturated rings. The highest BCUT2D eigenvalue weighted by molar-refractivity contribution is 7.16. The molecule has 0 aliphatic carbocycles. The van der Waals surface area contributed by atoms with Crippen LogP contribution in [0.15, 0.2) is 30.0 Å². The summed E-state index contributed by atoms with van der Waals surface area (Å²) in [5, 5.41) is 3.35. The summed E-state index contributed by atoms with van der Waals surface area (Å²) in [6, 6.07) is 6.06. The number of aromatic nitrogens is 3. The fourth-order valence-electron chi connectivity index (χ4n) is 2.20. The maximum atomic E-state index is 5.53. The summed E-state index contributed by atoms with van der Waals surface area (Å²) in [5.74, 6) is 6.97. The molecule has 3 aromatic rings. The highest BCUT2D eigenvalue weighted by atomic mass is 32.1. The molecule has 0 radical (unpaired) electrons. The monoisotopic (exact) mass is 300 g/mol. The van der Waals surface area contributed by atoms with Crippen molar-refractivity contribution in [1.82, 2.24) is 15.0 Å². The van der Waals surface area contributed by atoms with Crippen molar-refractivity contribution < 1.29 is 0 Å². The number of hydrogen-bond acceptors (Lipinski definition) is 7. The number of anilines is 3. The summed E-state index contributed by atoms with van der Waals surface area (Å²) in [5.41, 5.74) is 7.45. The molecule has 0 aliphatic heterocycles. The summed E-state index contributed by atoms with van der Waals surface area (Å²) in [4.78, 5) is 12.8. The second-order valence-corrected chi connectivity index (χ2v) is 5.49. The Kier molecular flexibility index (Phi) is 3.94. The van der Waals surface area contributed by atoms with E-state index in [2.05, 4.69) is 38.7 Å². The molecule has 21 heavy (non-hydrogen) atoms. The molecule has 0 amide bonds. The number of hydrazine groups is 1. The van der Waals surface area contributed by atoms with Gasteiger partial charge in [-0.2, -0.15) is 0 Å². The standard InChI is InChI=1S/C14H16N6S/c1-2-3-10-13(16-7-17-14(10)20-15)19-9-4-5-11-12(6-9)21-8-18-11/h4-8H,2-3,15H2,1H3,(H2,16,17,19,20). The van der Waals surface area contributed by atoms with E-state index in [1.165, 1.54) is 6.33 Å². The van der Waals surface area contributed by atoms with Gasteiger partial charge in [0.1, 0.15) is 18.0 Å². The van der Waals surface area contributed by atoms with Crippen molar-refractivity contribution in [3.8, 4) is 0 Å². The van der Waals surface area contributed by atoms with Crippen LogP contribution in [-0.2, 0) is 6.42 Å². The lowest BCUT2D eigenvalue weighted by atomic mass is 10.1. The largest absolute Gasteiger partial charge is 0.340 e. The molecular weight excluding hydrogens is 284 g/mol. The minimum Gasteiger partial charge on any atom is -0.340 e. The number of nitrogens with one attached hydrogen (secondary N) is 2. The summed E-state index contributed by atoms with van der Waals surface area (Å²) in [7, 11) is 0. The molecule has 0 saturated carbocycles. The second kappa shape index (κ2) is 6.02. The maximum Gasteiger partial charge on any atom is 0.148 e. The van der Waals surface area contributed by atoms with Gasteiger partial charge in [0.25, 0.3) is 0 Å². The Morgan fingerprint density at radius 3 is 2.86 bits per heavy atom. The molecule has 4 N–H and O–H groups in total. The molecule has 7 heteroatoms. The predicted molar refractivity (Wildman–Crippen MR) is 86.7 cm³/mol. The van der Waals surface area contributed by atoms with Crippen molar-refractivity contribution in [1.29, 1.82) is 0 Å². The van der Waals surface area contributed by atoms with Gasteiger partial charge in [0, 0.05) is 11.3 Å². The molecule has 0 unspecified atom stereocenters. The first kappa shape index (κ1) is 13.7.